The van der Waals surface area contributed by atoms with Crippen LogP contribution in [0.3, 0.4) is 0 Å². The molecule has 0 bridgehead atoms. The van der Waals surface area contributed by atoms with E-state index in [-0.39, 0.29) is 18.9 Å². The van der Waals surface area contributed by atoms with Gasteiger partial charge in [-0.3, -0.25) is 4.79 Å². The molecule has 6 heteroatoms. The molecule has 0 aliphatic carbocycles. The zero-order valence-electron chi connectivity index (χ0n) is 10.7. The summed E-state index contributed by atoms with van der Waals surface area (Å²) in [5, 5.41) is 5.80. The first-order valence-corrected chi connectivity index (χ1v) is 6.45. The van der Waals surface area contributed by atoms with E-state index < -0.39 is 18.0 Å². The van der Waals surface area contributed by atoms with Gasteiger partial charge in [0.2, 0.25) is 5.91 Å². The van der Waals surface area contributed by atoms with E-state index in [9.17, 15) is 18.0 Å². The first-order valence-electron chi connectivity index (χ1n) is 6.45. The van der Waals surface area contributed by atoms with E-state index in [2.05, 4.69) is 10.6 Å². The van der Waals surface area contributed by atoms with Crippen molar-refractivity contribution in [3.8, 4) is 0 Å². The number of carbonyl (C=O) groups excluding carboxylic acids is 1. The van der Waals surface area contributed by atoms with E-state index in [1.165, 1.54) is 0 Å². The number of carbonyl (C=O) groups is 1. The molecule has 1 fully saturated rings. The molecule has 2 N–H and O–H groups in total. The second-order valence-electron chi connectivity index (χ2n) is 4.93. The standard InChI is InChI=1S/C12H21F3N2O/c1-2-4-11(6-8-16-9-11)10(18)17-7-3-5-12(13,14)15/h16H,2-9H2,1H3,(H,17,18). The van der Waals surface area contributed by atoms with Gasteiger partial charge >= 0.3 is 6.18 Å². The van der Waals surface area contributed by atoms with Gasteiger partial charge in [0.05, 0.1) is 5.41 Å². The van der Waals surface area contributed by atoms with Crippen LogP contribution in [0.5, 0.6) is 0 Å². The van der Waals surface area contributed by atoms with Gasteiger partial charge in [0.15, 0.2) is 0 Å². The van der Waals surface area contributed by atoms with Gasteiger partial charge in [0.1, 0.15) is 0 Å². The molecule has 18 heavy (non-hydrogen) atoms. The Morgan fingerprint density at radius 3 is 2.67 bits per heavy atom. The summed E-state index contributed by atoms with van der Waals surface area (Å²) in [5.74, 6) is -0.100. The lowest BCUT2D eigenvalue weighted by molar-refractivity contribution is -0.137. The third-order valence-corrected chi connectivity index (χ3v) is 3.38. The molecule has 106 valence electrons. The van der Waals surface area contributed by atoms with Crippen molar-refractivity contribution in [1.82, 2.24) is 10.6 Å². The molecule has 1 aliphatic rings. The highest BCUT2D eigenvalue weighted by molar-refractivity contribution is 5.83. The average Bonchev–Trinajstić information content (AvgIpc) is 2.73. The maximum atomic E-state index is 12.0. The lowest BCUT2D eigenvalue weighted by Gasteiger charge is -2.26. The first-order chi connectivity index (χ1) is 8.40. The Morgan fingerprint density at radius 1 is 1.44 bits per heavy atom. The molecule has 1 heterocycles. The minimum atomic E-state index is -4.14. The second kappa shape index (κ2) is 6.41. The molecule has 1 saturated heterocycles. The average molecular weight is 266 g/mol. The van der Waals surface area contributed by atoms with E-state index in [4.69, 9.17) is 0 Å². The molecular formula is C12H21F3N2O. The zero-order valence-corrected chi connectivity index (χ0v) is 10.7. The van der Waals surface area contributed by atoms with Crippen LogP contribution < -0.4 is 10.6 Å². The highest BCUT2D eigenvalue weighted by atomic mass is 19.4. The van der Waals surface area contributed by atoms with Crippen LogP contribution in [-0.4, -0.2) is 31.7 Å². The summed E-state index contributed by atoms with van der Waals surface area (Å²) in [6.07, 6.45) is -2.58. The predicted molar refractivity (Wildman–Crippen MR) is 63.1 cm³/mol. The topological polar surface area (TPSA) is 41.1 Å². The highest BCUT2D eigenvalue weighted by Crippen LogP contribution is 2.31. The van der Waals surface area contributed by atoms with E-state index in [1.807, 2.05) is 6.92 Å². The van der Waals surface area contributed by atoms with Crippen molar-refractivity contribution in [2.24, 2.45) is 5.41 Å². The normalized spacial score (nSPS) is 24.2. The van der Waals surface area contributed by atoms with Crippen LogP contribution in [0.15, 0.2) is 0 Å². The molecule has 3 nitrogen and oxygen atoms in total. The molecule has 0 spiro atoms. The van der Waals surface area contributed by atoms with Gasteiger partial charge in [-0.1, -0.05) is 13.3 Å². The molecule has 0 radical (unpaired) electrons. The molecule has 1 unspecified atom stereocenters. The molecule has 1 rings (SSSR count). The summed E-state index contributed by atoms with van der Waals surface area (Å²) in [6.45, 7) is 3.54. The molecular weight excluding hydrogens is 245 g/mol. The minimum Gasteiger partial charge on any atom is -0.356 e. The Bertz CT molecular complexity index is 273. The number of hydrogen-bond acceptors (Lipinski definition) is 2. The maximum Gasteiger partial charge on any atom is 0.389 e. The van der Waals surface area contributed by atoms with Gasteiger partial charge in [-0.2, -0.15) is 13.2 Å². The number of hydrogen-bond donors (Lipinski definition) is 2. The molecule has 1 atom stereocenters. The van der Waals surface area contributed by atoms with Crippen molar-refractivity contribution in [3.05, 3.63) is 0 Å². The van der Waals surface area contributed by atoms with Crippen LogP contribution in [0, 0.1) is 5.41 Å². The number of amides is 1. The monoisotopic (exact) mass is 266 g/mol. The Hall–Kier alpha value is -0.780. The second-order valence-corrected chi connectivity index (χ2v) is 4.93. The Kier molecular flexibility index (Phi) is 5.44. The lowest BCUT2D eigenvalue weighted by Crippen LogP contribution is -2.43. The number of alkyl halides is 3. The summed E-state index contributed by atoms with van der Waals surface area (Å²) < 4.78 is 35.9. The predicted octanol–water partition coefficient (Wildman–Crippen LogP) is 2.22. The molecule has 0 aromatic rings. The van der Waals surface area contributed by atoms with Crippen LogP contribution in [0.4, 0.5) is 13.2 Å². The summed E-state index contributed by atoms with van der Waals surface area (Å²) in [4.78, 5) is 12.0. The third kappa shape index (κ3) is 4.48. The summed E-state index contributed by atoms with van der Waals surface area (Å²) in [6, 6.07) is 0. The van der Waals surface area contributed by atoms with Crippen LogP contribution in [0.1, 0.15) is 39.0 Å². The van der Waals surface area contributed by atoms with E-state index >= 15 is 0 Å². The van der Waals surface area contributed by atoms with Crippen LogP contribution in [0.2, 0.25) is 0 Å². The van der Waals surface area contributed by atoms with Crippen molar-refractivity contribution in [1.29, 1.82) is 0 Å². The highest BCUT2D eigenvalue weighted by Gasteiger charge is 2.40. The maximum absolute atomic E-state index is 12.0. The van der Waals surface area contributed by atoms with Crippen molar-refractivity contribution >= 4 is 5.91 Å². The smallest absolute Gasteiger partial charge is 0.356 e. The van der Waals surface area contributed by atoms with Crippen molar-refractivity contribution in [2.45, 2.75) is 45.2 Å². The quantitative estimate of drug-likeness (QED) is 0.724. The van der Waals surface area contributed by atoms with Crippen LogP contribution in [-0.2, 0) is 4.79 Å². The molecule has 1 aliphatic heterocycles. The van der Waals surface area contributed by atoms with Crippen molar-refractivity contribution in [2.75, 3.05) is 19.6 Å². The van der Waals surface area contributed by atoms with Gasteiger partial charge in [0, 0.05) is 19.5 Å². The molecule has 0 saturated carbocycles. The first kappa shape index (κ1) is 15.3. The Labute approximate surface area is 106 Å². The fourth-order valence-corrected chi connectivity index (χ4v) is 2.42. The fourth-order valence-electron chi connectivity index (χ4n) is 2.42. The number of halogens is 3. The third-order valence-electron chi connectivity index (χ3n) is 3.38. The van der Waals surface area contributed by atoms with Crippen molar-refractivity contribution < 1.29 is 18.0 Å². The Morgan fingerprint density at radius 2 is 2.17 bits per heavy atom. The Balaban J connectivity index is 2.34. The van der Waals surface area contributed by atoms with Gasteiger partial charge < -0.3 is 10.6 Å². The van der Waals surface area contributed by atoms with E-state index in [0.717, 1.165) is 25.8 Å². The van der Waals surface area contributed by atoms with E-state index in [0.29, 0.717) is 6.54 Å². The zero-order chi connectivity index (χ0) is 13.6. The number of nitrogens with one attached hydrogen (secondary N) is 2. The fraction of sp³-hybridized carbons (Fsp3) is 0.917. The van der Waals surface area contributed by atoms with Gasteiger partial charge in [0.25, 0.3) is 0 Å². The van der Waals surface area contributed by atoms with Gasteiger partial charge in [-0.15, -0.1) is 0 Å². The van der Waals surface area contributed by atoms with Crippen molar-refractivity contribution in [3.63, 3.8) is 0 Å². The minimum absolute atomic E-state index is 0.0507. The summed E-state index contributed by atoms with van der Waals surface area (Å²) >= 11 is 0. The van der Waals surface area contributed by atoms with Crippen LogP contribution >= 0.6 is 0 Å². The molecule has 0 aromatic carbocycles. The SMILES string of the molecule is CCCC1(C(=O)NCCCC(F)(F)F)CCNC1. The number of rotatable bonds is 6. The summed E-state index contributed by atoms with van der Waals surface area (Å²) in [7, 11) is 0. The molecule has 0 aromatic heterocycles. The van der Waals surface area contributed by atoms with E-state index in [1.54, 1.807) is 0 Å². The molecule has 1 amide bonds. The van der Waals surface area contributed by atoms with Gasteiger partial charge in [-0.25, -0.2) is 0 Å². The lowest BCUT2D eigenvalue weighted by atomic mass is 9.81. The van der Waals surface area contributed by atoms with Gasteiger partial charge in [-0.05, 0) is 25.8 Å². The van der Waals surface area contributed by atoms with Crippen LogP contribution in [0.25, 0.3) is 0 Å². The summed E-state index contributed by atoms with van der Waals surface area (Å²) in [5.41, 5.74) is -0.410. The largest absolute Gasteiger partial charge is 0.389 e.